The average Bonchev–Trinajstić information content (AvgIpc) is 2.43. The number of hydrazine groups is 1. The molecule has 0 spiro atoms. The van der Waals surface area contributed by atoms with Crippen LogP contribution >= 0.6 is 0 Å². The van der Waals surface area contributed by atoms with E-state index in [0.717, 1.165) is 0 Å². The Bertz CT molecular complexity index is 438. The molecule has 114 valence electrons. The number of anilines is 2. The number of rotatable bonds is 6. The van der Waals surface area contributed by atoms with Crippen LogP contribution in [0.4, 0.5) is 11.6 Å². The van der Waals surface area contributed by atoms with E-state index in [1.54, 1.807) is 6.07 Å². The molecule has 5 N–H and O–H groups in total. The van der Waals surface area contributed by atoms with Gasteiger partial charge in [-0.2, -0.15) is 0 Å². The Morgan fingerprint density at radius 2 is 1.70 bits per heavy atom. The maximum absolute atomic E-state index is 10.3. The van der Waals surface area contributed by atoms with E-state index >= 15 is 0 Å². The van der Waals surface area contributed by atoms with Crippen molar-refractivity contribution in [3.05, 3.63) is 11.9 Å². The van der Waals surface area contributed by atoms with Crippen LogP contribution in [-0.2, 0) is 5.41 Å². The van der Waals surface area contributed by atoms with Crippen molar-refractivity contribution < 1.29 is 5.11 Å². The fourth-order valence-corrected chi connectivity index (χ4v) is 1.70. The molecule has 6 heteroatoms. The molecule has 0 aliphatic heterocycles. The molecule has 0 bridgehead atoms. The second-order valence-electron chi connectivity index (χ2n) is 6.14. The van der Waals surface area contributed by atoms with E-state index in [-0.39, 0.29) is 5.41 Å². The summed E-state index contributed by atoms with van der Waals surface area (Å²) in [5.74, 6) is 7.37. The zero-order valence-electron chi connectivity index (χ0n) is 13.1. The molecular weight excluding hydrogens is 254 g/mol. The molecule has 20 heavy (non-hydrogen) atoms. The van der Waals surface area contributed by atoms with Crippen molar-refractivity contribution in [2.75, 3.05) is 17.3 Å². The van der Waals surface area contributed by atoms with Gasteiger partial charge in [-0.05, 0) is 12.8 Å². The summed E-state index contributed by atoms with van der Waals surface area (Å²) in [5.41, 5.74) is 1.66. The molecule has 0 radical (unpaired) electrons. The summed E-state index contributed by atoms with van der Waals surface area (Å²) in [4.78, 5) is 8.85. The Morgan fingerprint density at radius 1 is 1.15 bits per heavy atom. The highest BCUT2D eigenvalue weighted by atomic mass is 16.3. The van der Waals surface area contributed by atoms with Gasteiger partial charge in [0.05, 0.1) is 5.60 Å². The standard InChI is InChI=1S/C14H27N5O/c1-6-14(20,7-2)9-16-10-8-11(19-15)18-12(17-10)13(3,4)5/h8,20H,6-7,9,15H2,1-5H3,(H2,16,17,18,19). The lowest BCUT2D eigenvalue weighted by Crippen LogP contribution is -2.35. The number of nitrogens with one attached hydrogen (secondary N) is 2. The molecule has 0 aliphatic rings. The van der Waals surface area contributed by atoms with Gasteiger partial charge >= 0.3 is 0 Å². The minimum atomic E-state index is -0.719. The molecular formula is C14H27N5O. The lowest BCUT2D eigenvalue weighted by atomic mass is 9.95. The first-order valence-corrected chi connectivity index (χ1v) is 7.06. The largest absolute Gasteiger partial charge is 0.388 e. The number of nitrogen functional groups attached to an aromatic ring is 1. The molecule has 0 saturated carbocycles. The quantitative estimate of drug-likeness (QED) is 0.470. The van der Waals surface area contributed by atoms with Crippen LogP contribution in [0.3, 0.4) is 0 Å². The first kappa shape index (κ1) is 16.7. The summed E-state index contributed by atoms with van der Waals surface area (Å²) in [6.45, 7) is 10.5. The predicted octanol–water partition coefficient (Wildman–Crippen LogP) is 2.02. The average molecular weight is 281 g/mol. The van der Waals surface area contributed by atoms with Crippen LogP contribution in [0.1, 0.15) is 53.3 Å². The van der Waals surface area contributed by atoms with Gasteiger partial charge in [0.25, 0.3) is 0 Å². The molecule has 1 aromatic heterocycles. The number of nitrogens with two attached hydrogens (primary N) is 1. The SMILES string of the molecule is CCC(O)(CC)CNc1cc(NN)nc(C(C)(C)C)n1. The lowest BCUT2D eigenvalue weighted by molar-refractivity contribution is 0.0456. The van der Waals surface area contributed by atoms with Crippen LogP contribution in [0.15, 0.2) is 6.07 Å². The Balaban J connectivity index is 2.95. The van der Waals surface area contributed by atoms with Gasteiger partial charge in [-0.25, -0.2) is 15.8 Å². The molecule has 0 atom stereocenters. The van der Waals surface area contributed by atoms with Crippen molar-refractivity contribution in [2.45, 2.75) is 58.5 Å². The summed E-state index contributed by atoms with van der Waals surface area (Å²) in [6.07, 6.45) is 1.38. The minimum Gasteiger partial charge on any atom is -0.388 e. The van der Waals surface area contributed by atoms with Gasteiger partial charge in [-0.1, -0.05) is 34.6 Å². The van der Waals surface area contributed by atoms with Crippen molar-refractivity contribution >= 4 is 11.6 Å². The van der Waals surface area contributed by atoms with Crippen LogP contribution in [-0.4, -0.2) is 27.2 Å². The summed E-state index contributed by atoms with van der Waals surface area (Å²) >= 11 is 0. The van der Waals surface area contributed by atoms with E-state index in [1.165, 1.54) is 0 Å². The number of aromatic nitrogens is 2. The molecule has 1 rings (SSSR count). The highest BCUT2D eigenvalue weighted by Gasteiger charge is 2.23. The topological polar surface area (TPSA) is 96.1 Å². The van der Waals surface area contributed by atoms with Gasteiger partial charge in [0, 0.05) is 18.0 Å². The molecule has 1 aromatic rings. The van der Waals surface area contributed by atoms with E-state index in [4.69, 9.17) is 5.84 Å². The van der Waals surface area contributed by atoms with Gasteiger partial charge in [-0.3, -0.25) is 0 Å². The fourth-order valence-electron chi connectivity index (χ4n) is 1.70. The zero-order valence-corrected chi connectivity index (χ0v) is 13.1. The zero-order chi connectivity index (χ0) is 15.4. The highest BCUT2D eigenvalue weighted by Crippen LogP contribution is 2.23. The third-order valence-electron chi connectivity index (χ3n) is 3.46. The van der Waals surface area contributed by atoms with Crippen molar-refractivity contribution in [1.82, 2.24) is 9.97 Å². The predicted molar refractivity (Wildman–Crippen MR) is 82.6 cm³/mol. The molecule has 0 unspecified atom stereocenters. The lowest BCUT2D eigenvalue weighted by Gasteiger charge is -2.26. The van der Waals surface area contributed by atoms with Gasteiger partial charge in [-0.15, -0.1) is 0 Å². The van der Waals surface area contributed by atoms with Gasteiger partial charge in [0.15, 0.2) is 0 Å². The molecule has 1 heterocycles. The van der Waals surface area contributed by atoms with Gasteiger partial charge < -0.3 is 15.8 Å². The smallest absolute Gasteiger partial charge is 0.145 e. The first-order chi connectivity index (χ1) is 9.24. The second-order valence-corrected chi connectivity index (χ2v) is 6.14. The maximum atomic E-state index is 10.3. The fraction of sp³-hybridized carbons (Fsp3) is 0.714. The normalized spacial score (nSPS) is 12.3. The molecule has 0 amide bonds. The van der Waals surface area contributed by atoms with E-state index in [0.29, 0.717) is 36.8 Å². The summed E-state index contributed by atoms with van der Waals surface area (Å²) in [5, 5.41) is 13.5. The third-order valence-corrected chi connectivity index (χ3v) is 3.46. The van der Waals surface area contributed by atoms with Crippen molar-refractivity contribution in [3.63, 3.8) is 0 Å². The number of hydrogen-bond donors (Lipinski definition) is 4. The third kappa shape index (κ3) is 4.31. The highest BCUT2D eigenvalue weighted by molar-refractivity contribution is 5.47. The molecule has 0 fully saturated rings. The minimum absolute atomic E-state index is 0.172. The second kappa shape index (κ2) is 6.37. The van der Waals surface area contributed by atoms with E-state index in [2.05, 4.69) is 20.7 Å². The van der Waals surface area contributed by atoms with Crippen molar-refractivity contribution in [1.29, 1.82) is 0 Å². The van der Waals surface area contributed by atoms with E-state index in [1.807, 2.05) is 34.6 Å². The van der Waals surface area contributed by atoms with E-state index in [9.17, 15) is 5.11 Å². The summed E-state index contributed by atoms with van der Waals surface area (Å²) in [7, 11) is 0. The van der Waals surface area contributed by atoms with Crippen LogP contribution in [0.5, 0.6) is 0 Å². The Kier molecular flexibility index (Phi) is 5.30. The molecule has 6 nitrogen and oxygen atoms in total. The molecule has 0 aliphatic carbocycles. The van der Waals surface area contributed by atoms with Crippen LogP contribution in [0.2, 0.25) is 0 Å². The maximum Gasteiger partial charge on any atom is 0.145 e. The number of nitrogens with zero attached hydrogens (tertiary/aromatic N) is 2. The van der Waals surface area contributed by atoms with Crippen molar-refractivity contribution in [2.24, 2.45) is 5.84 Å². The van der Waals surface area contributed by atoms with Crippen LogP contribution in [0.25, 0.3) is 0 Å². The Labute approximate surface area is 121 Å². The summed E-state index contributed by atoms with van der Waals surface area (Å²) in [6, 6.07) is 1.74. The Morgan fingerprint density at radius 3 is 2.15 bits per heavy atom. The first-order valence-electron chi connectivity index (χ1n) is 7.06. The molecule has 0 aromatic carbocycles. The Hall–Kier alpha value is -1.40. The van der Waals surface area contributed by atoms with Crippen molar-refractivity contribution in [3.8, 4) is 0 Å². The van der Waals surface area contributed by atoms with Crippen LogP contribution in [0, 0.1) is 0 Å². The number of hydrogen-bond acceptors (Lipinski definition) is 6. The molecule has 0 saturated heterocycles. The van der Waals surface area contributed by atoms with Gasteiger partial charge in [0.2, 0.25) is 0 Å². The van der Waals surface area contributed by atoms with Crippen LogP contribution < -0.4 is 16.6 Å². The summed E-state index contributed by atoms with van der Waals surface area (Å²) < 4.78 is 0. The van der Waals surface area contributed by atoms with Gasteiger partial charge in [0.1, 0.15) is 17.5 Å². The van der Waals surface area contributed by atoms with E-state index < -0.39 is 5.60 Å². The monoisotopic (exact) mass is 281 g/mol. The number of aliphatic hydroxyl groups is 1.